The van der Waals surface area contributed by atoms with E-state index in [1.165, 1.54) is 0 Å². The standard InChI is InChI=1S/C21H14Cl4N6O2/c1-21(2,11-3-7-13(8-4-11)32-19-28-15(22)26-16(23)29-19)12-5-9-14(10-6-12)33-20-30-17(24)27-18(25)31-20/h3-10H,1-2H3. The third kappa shape index (κ3) is 5.78. The molecular formula is C21H14Cl4N6O2. The maximum Gasteiger partial charge on any atom is 0.327 e. The lowest BCUT2D eigenvalue weighted by Crippen LogP contribution is -2.18. The van der Waals surface area contributed by atoms with E-state index in [2.05, 4.69) is 43.8 Å². The number of halogens is 4. The first-order valence-corrected chi connectivity index (χ1v) is 10.9. The molecule has 0 unspecified atom stereocenters. The van der Waals surface area contributed by atoms with E-state index >= 15 is 0 Å². The monoisotopic (exact) mass is 522 g/mol. The van der Waals surface area contributed by atoms with Crippen LogP contribution in [0, 0.1) is 0 Å². The highest BCUT2D eigenvalue weighted by Gasteiger charge is 2.23. The zero-order chi connectivity index (χ0) is 23.6. The van der Waals surface area contributed by atoms with E-state index in [-0.39, 0.29) is 38.6 Å². The maximum atomic E-state index is 5.78. The second-order valence-electron chi connectivity index (χ2n) is 7.19. The van der Waals surface area contributed by atoms with Crippen molar-refractivity contribution in [1.82, 2.24) is 29.9 Å². The van der Waals surface area contributed by atoms with Crippen LogP contribution in [0.2, 0.25) is 21.1 Å². The fraction of sp³-hybridized carbons (Fsp3) is 0.143. The Labute approximate surface area is 208 Å². The van der Waals surface area contributed by atoms with E-state index in [0.29, 0.717) is 11.5 Å². The van der Waals surface area contributed by atoms with Gasteiger partial charge in [-0.15, -0.1) is 0 Å². The molecule has 2 aromatic heterocycles. The Balaban J connectivity index is 1.49. The smallest absolute Gasteiger partial charge is 0.327 e. The van der Waals surface area contributed by atoms with Crippen molar-refractivity contribution in [2.75, 3.05) is 0 Å². The van der Waals surface area contributed by atoms with E-state index in [1.807, 2.05) is 48.5 Å². The third-order valence-electron chi connectivity index (χ3n) is 4.69. The van der Waals surface area contributed by atoms with Gasteiger partial charge in [0.2, 0.25) is 21.1 Å². The maximum absolute atomic E-state index is 5.78. The Morgan fingerprint density at radius 3 is 1.12 bits per heavy atom. The average molecular weight is 524 g/mol. The number of benzene rings is 2. The van der Waals surface area contributed by atoms with Gasteiger partial charge >= 0.3 is 12.0 Å². The van der Waals surface area contributed by atoms with Gasteiger partial charge in [-0.1, -0.05) is 38.1 Å². The molecule has 0 N–H and O–H groups in total. The Morgan fingerprint density at radius 1 is 0.515 bits per heavy atom. The van der Waals surface area contributed by atoms with Crippen molar-refractivity contribution >= 4 is 46.4 Å². The minimum Gasteiger partial charge on any atom is -0.424 e. The Kier molecular flexibility index (Phi) is 6.81. The van der Waals surface area contributed by atoms with Crippen molar-refractivity contribution in [3.63, 3.8) is 0 Å². The van der Waals surface area contributed by atoms with Crippen molar-refractivity contribution < 1.29 is 9.47 Å². The van der Waals surface area contributed by atoms with Crippen LogP contribution >= 0.6 is 46.4 Å². The van der Waals surface area contributed by atoms with Gasteiger partial charge in [0.1, 0.15) is 11.5 Å². The minimum absolute atomic E-state index is 0.0170. The fourth-order valence-electron chi connectivity index (χ4n) is 2.97. The molecule has 0 fully saturated rings. The summed E-state index contributed by atoms with van der Waals surface area (Å²) >= 11 is 23.1. The quantitative estimate of drug-likeness (QED) is 0.279. The first kappa shape index (κ1) is 23.4. The molecule has 33 heavy (non-hydrogen) atoms. The van der Waals surface area contributed by atoms with Gasteiger partial charge in [-0.3, -0.25) is 0 Å². The highest BCUT2D eigenvalue weighted by atomic mass is 35.5. The van der Waals surface area contributed by atoms with Crippen LogP contribution in [-0.2, 0) is 5.41 Å². The molecule has 0 aliphatic heterocycles. The first-order chi connectivity index (χ1) is 15.7. The first-order valence-electron chi connectivity index (χ1n) is 9.40. The summed E-state index contributed by atoms with van der Waals surface area (Å²) in [5.74, 6) is 1.07. The molecule has 0 amide bonds. The summed E-state index contributed by atoms with van der Waals surface area (Å²) in [7, 11) is 0. The van der Waals surface area contributed by atoms with Crippen LogP contribution in [0.5, 0.6) is 23.5 Å². The molecule has 168 valence electrons. The summed E-state index contributed by atoms with van der Waals surface area (Å²) in [5, 5.41) is -0.178. The van der Waals surface area contributed by atoms with E-state index in [0.717, 1.165) is 11.1 Å². The number of hydrogen-bond donors (Lipinski definition) is 0. The van der Waals surface area contributed by atoms with Crippen molar-refractivity contribution in [1.29, 1.82) is 0 Å². The van der Waals surface area contributed by atoms with E-state index < -0.39 is 0 Å². The molecule has 0 aliphatic rings. The Morgan fingerprint density at radius 2 is 0.818 bits per heavy atom. The van der Waals surface area contributed by atoms with Crippen LogP contribution in [0.1, 0.15) is 25.0 Å². The summed E-state index contributed by atoms with van der Waals surface area (Å²) in [6.07, 6.45) is 0. The fourth-order valence-corrected chi connectivity index (χ4v) is 3.66. The van der Waals surface area contributed by atoms with Crippen LogP contribution in [0.3, 0.4) is 0 Å². The molecule has 2 heterocycles. The van der Waals surface area contributed by atoms with Crippen molar-refractivity contribution in [2.45, 2.75) is 19.3 Å². The van der Waals surface area contributed by atoms with Crippen LogP contribution < -0.4 is 9.47 Å². The van der Waals surface area contributed by atoms with Gasteiger partial charge in [0.15, 0.2) is 0 Å². The lowest BCUT2D eigenvalue weighted by molar-refractivity contribution is 0.439. The highest BCUT2D eigenvalue weighted by Crippen LogP contribution is 2.34. The topological polar surface area (TPSA) is 95.8 Å². The summed E-state index contributed by atoms with van der Waals surface area (Å²) in [6, 6.07) is 15.1. The average Bonchev–Trinajstić information content (AvgIpc) is 2.73. The van der Waals surface area contributed by atoms with E-state index in [4.69, 9.17) is 55.9 Å². The zero-order valence-electron chi connectivity index (χ0n) is 17.1. The lowest BCUT2D eigenvalue weighted by Gasteiger charge is -2.26. The molecule has 0 atom stereocenters. The molecule has 0 aliphatic carbocycles. The second kappa shape index (κ2) is 9.61. The normalized spacial score (nSPS) is 11.3. The number of hydrogen-bond acceptors (Lipinski definition) is 8. The van der Waals surface area contributed by atoms with Crippen LogP contribution in [0.15, 0.2) is 48.5 Å². The molecule has 0 bridgehead atoms. The van der Waals surface area contributed by atoms with Crippen LogP contribution in [0.4, 0.5) is 0 Å². The summed E-state index contributed by atoms with van der Waals surface area (Å²) in [6.45, 7) is 4.21. The molecule has 12 heteroatoms. The molecular weight excluding hydrogens is 510 g/mol. The van der Waals surface area contributed by atoms with E-state index in [9.17, 15) is 0 Å². The minimum atomic E-state index is -0.309. The Hall–Kier alpha value is -2.78. The molecule has 0 spiro atoms. The third-order valence-corrected chi connectivity index (χ3v) is 5.37. The zero-order valence-corrected chi connectivity index (χ0v) is 20.2. The summed E-state index contributed by atoms with van der Waals surface area (Å²) < 4.78 is 11.2. The predicted octanol–water partition coefficient (Wildman–Crippen LogP) is 6.58. The van der Waals surface area contributed by atoms with Gasteiger partial charge in [-0.2, -0.15) is 29.9 Å². The highest BCUT2D eigenvalue weighted by molar-refractivity contribution is 6.31. The molecule has 4 aromatic rings. The number of nitrogens with zero attached hydrogens (tertiary/aromatic N) is 6. The largest absolute Gasteiger partial charge is 0.424 e. The van der Waals surface area contributed by atoms with Gasteiger partial charge in [0, 0.05) is 5.41 Å². The van der Waals surface area contributed by atoms with Gasteiger partial charge < -0.3 is 9.47 Å². The number of aromatic nitrogens is 6. The van der Waals surface area contributed by atoms with Crippen LogP contribution in [-0.4, -0.2) is 29.9 Å². The van der Waals surface area contributed by atoms with Gasteiger partial charge in [0.25, 0.3) is 0 Å². The van der Waals surface area contributed by atoms with Gasteiger partial charge in [-0.05, 0) is 81.8 Å². The van der Waals surface area contributed by atoms with Crippen molar-refractivity contribution in [3.05, 3.63) is 80.8 Å². The molecule has 0 radical (unpaired) electrons. The SMILES string of the molecule is CC(C)(c1ccc(Oc2nc(Cl)nc(Cl)n2)cc1)c1ccc(Oc2nc(Cl)nc(Cl)n2)cc1. The predicted molar refractivity (Wildman–Crippen MR) is 125 cm³/mol. The van der Waals surface area contributed by atoms with Crippen LogP contribution in [0.25, 0.3) is 0 Å². The number of ether oxygens (including phenoxy) is 2. The molecule has 0 saturated heterocycles. The summed E-state index contributed by atoms with van der Waals surface area (Å²) in [5.41, 5.74) is 1.81. The summed E-state index contributed by atoms with van der Waals surface area (Å²) in [4.78, 5) is 23.0. The van der Waals surface area contributed by atoms with Crippen molar-refractivity contribution in [2.24, 2.45) is 0 Å². The lowest BCUT2D eigenvalue weighted by atomic mass is 9.78. The second-order valence-corrected chi connectivity index (χ2v) is 8.54. The van der Waals surface area contributed by atoms with Gasteiger partial charge in [-0.25, -0.2) is 0 Å². The molecule has 4 rings (SSSR count). The van der Waals surface area contributed by atoms with E-state index in [1.54, 1.807) is 0 Å². The van der Waals surface area contributed by atoms with Crippen molar-refractivity contribution in [3.8, 4) is 23.5 Å². The van der Waals surface area contributed by atoms with Gasteiger partial charge in [0.05, 0.1) is 0 Å². The number of rotatable bonds is 6. The molecule has 0 saturated carbocycles. The molecule has 2 aromatic carbocycles. The Bertz CT molecular complexity index is 1150. The molecule has 8 nitrogen and oxygen atoms in total.